The van der Waals surface area contributed by atoms with Crippen LogP contribution >= 0.6 is 0 Å². The first kappa shape index (κ1) is 9.58. The zero-order chi connectivity index (χ0) is 9.52. The zero-order valence-corrected chi connectivity index (χ0v) is 7.40. The SMILES string of the molecule is CC(CO[C]=O)Oc1ccccc1. The van der Waals surface area contributed by atoms with Crippen LogP contribution in [0.3, 0.4) is 0 Å². The van der Waals surface area contributed by atoms with Gasteiger partial charge in [0.15, 0.2) is 0 Å². The van der Waals surface area contributed by atoms with Crippen molar-refractivity contribution in [1.82, 2.24) is 0 Å². The molecule has 0 saturated heterocycles. The maximum atomic E-state index is 9.76. The third-order valence-electron chi connectivity index (χ3n) is 1.46. The van der Waals surface area contributed by atoms with Crippen molar-refractivity contribution in [1.29, 1.82) is 0 Å². The number of hydrogen-bond donors (Lipinski definition) is 0. The van der Waals surface area contributed by atoms with Crippen LogP contribution in [0.25, 0.3) is 0 Å². The third-order valence-corrected chi connectivity index (χ3v) is 1.46. The van der Waals surface area contributed by atoms with E-state index in [-0.39, 0.29) is 12.7 Å². The van der Waals surface area contributed by atoms with Crippen molar-refractivity contribution in [2.75, 3.05) is 6.61 Å². The van der Waals surface area contributed by atoms with Gasteiger partial charge in [0.05, 0.1) is 0 Å². The average Bonchev–Trinajstić information content (AvgIpc) is 2.16. The molecule has 69 valence electrons. The monoisotopic (exact) mass is 179 g/mol. The number of rotatable bonds is 5. The Kier molecular flexibility index (Phi) is 3.82. The molecule has 0 saturated carbocycles. The van der Waals surface area contributed by atoms with Gasteiger partial charge in [0.1, 0.15) is 18.5 Å². The molecule has 1 aromatic carbocycles. The highest BCUT2D eigenvalue weighted by molar-refractivity contribution is 5.38. The fourth-order valence-corrected chi connectivity index (χ4v) is 0.917. The van der Waals surface area contributed by atoms with E-state index in [1.165, 1.54) is 6.47 Å². The van der Waals surface area contributed by atoms with E-state index in [1.54, 1.807) is 0 Å². The highest BCUT2D eigenvalue weighted by atomic mass is 16.6. The van der Waals surface area contributed by atoms with E-state index in [9.17, 15) is 4.79 Å². The minimum atomic E-state index is -0.149. The first-order valence-corrected chi connectivity index (χ1v) is 4.03. The second-order valence-electron chi connectivity index (χ2n) is 2.64. The fraction of sp³-hybridized carbons (Fsp3) is 0.300. The minimum absolute atomic E-state index is 0.149. The van der Waals surface area contributed by atoms with Crippen LogP contribution in [0.2, 0.25) is 0 Å². The van der Waals surface area contributed by atoms with E-state index < -0.39 is 0 Å². The van der Waals surface area contributed by atoms with Gasteiger partial charge in [-0.15, -0.1) is 0 Å². The van der Waals surface area contributed by atoms with Gasteiger partial charge < -0.3 is 9.47 Å². The molecule has 1 aromatic rings. The van der Waals surface area contributed by atoms with Crippen LogP contribution in [0, 0.1) is 0 Å². The predicted octanol–water partition coefficient (Wildman–Crippen LogP) is 1.54. The number of hydrogen-bond acceptors (Lipinski definition) is 3. The minimum Gasteiger partial charge on any atom is -0.487 e. The van der Waals surface area contributed by atoms with E-state index in [1.807, 2.05) is 37.3 Å². The van der Waals surface area contributed by atoms with Gasteiger partial charge in [-0.25, -0.2) is 4.79 Å². The molecule has 3 heteroatoms. The van der Waals surface area contributed by atoms with Gasteiger partial charge in [-0.3, -0.25) is 0 Å². The lowest BCUT2D eigenvalue weighted by molar-refractivity contribution is 0.132. The first-order valence-electron chi connectivity index (χ1n) is 4.03. The molecule has 0 N–H and O–H groups in total. The second-order valence-corrected chi connectivity index (χ2v) is 2.64. The summed E-state index contributed by atoms with van der Waals surface area (Å²) in [5.41, 5.74) is 0. The smallest absolute Gasteiger partial charge is 0.417 e. The van der Waals surface area contributed by atoms with Crippen LogP contribution in [-0.4, -0.2) is 19.2 Å². The Morgan fingerprint density at radius 1 is 1.38 bits per heavy atom. The van der Waals surface area contributed by atoms with Crippen molar-refractivity contribution in [2.45, 2.75) is 13.0 Å². The molecule has 1 radical (unpaired) electrons. The summed E-state index contributed by atoms with van der Waals surface area (Å²) in [5, 5.41) is 0. The van der Waals surface area contributed by atoms with Crippen LogP contribution in [0.1, 0.15) is 6.92 Å². The van der Waals surface area contributed by atoms with Crippen molar-refractivity contribution in [3.8, 4) is 5.75 Å². The Morgan fingerprint density at radius 2 is 2.08 bits per heavy atom. The quantitative estimate of drug-likeness (QED) is 0.687. The van der Waals surface area contributed by atoms with Gasteiger partial charge in [-0.1, -0.05) is 18.2 Å². The molecule has 0 aliphatic rings. The van der Waals surface area contributed by atoms with Crippen molar-refractivity contribution in [3.05, 3.63) is 30.3 Å². The highest BCUT2D eigenvalue weighted by Crippen LogP contribution is 2.10. The van der Waals surface area contributed by atoms with Crippen LogP contribution in [0.5, 0.6) is 5.75 Å². The van der Waals surface area contributed by atoms with Crippen LogP contribution in [0.4, 0.5) is 0 Å². The third kappa shape index (κ3) is 3.60. The van der Waals surface area contributed by atoms with Crippen molar-refractivity contribution in [3.63, 3.8) is 0 Å². The summed E-state index contributed by atoms with van der Waals surface area (Å²) in [7, 11) is 0. The number of benzene rings is 1. The Balaban J connectivity index is 2.36. The Bertz CT molecular complexity index is 246. The largest absolute Gasteiger partial charge is 0.487 e. The van der Waals surface area contributed by atoms with Gasteiger partial charge in [0, 0.05) is 0 Å². The van der Waals surface area contributed by atoms with Crippen LogP contribution in [-0.2, 0) is 9.53 Å². The summed E-state index contributed by atoms with van der Waals surface area (Å²) in [6.07, 6.45) is -0.149. The summed E-state index contributed by atoms with van der Waals surface area (Å²) in [6.45, 7) is 3.40. The molecule has 1 unspecified atom stereocenters. The molecule has 0 spiro atoms. The Morgan fingerprint density at radius 3 is 2.69 bits per heavy atom. The summed E-state index contributed by atoms with van der Waals surface area (Å²) in [5.74, 6) is 0.768. The predicted molar refractivity (Wildman–Crippen MR) is 48.2 cm³/mol. The van der Waals surface area contributed by atoms with E-state index in [0.717, 1.165) is 5.75 Å². The number of para-hydroxylation sites is 1. The van der Waals surface area contributed by atoms with Crippen molar-refractivity contribution in [2.24, 2.45) is 0 Å². The molecule has 0 heterocycles. The lowest BCUT2D eigenvalue weighted by Gasteiger charge is -2.12. The summed E-state index contributed by atoms with van der Waals surface area (Å²) in [4.78, 5) is 9.76. The molecule has 0 aliphatic carbocycles. The van der Waals surface area contributed by atoms with E-state index in [0.29, 0.717) is 0 Å². The molecule has 0 amide bonds. The molecule has 13 heavy (non-hydrogen) atoms. The number of carbonyl (C=O) groups excluding carboxylic acids is 1. The lowest BCUT2D eigenvalue weighted by Crippen LogP contribution is -2.18. The first-order chi connectivity index (χ1) is 6.33. The molecule has 0 aliphatic heterocycles. The van der Waals surface area contributed by atoms with Gasteiger partial charge >= 0.3 is 6.47 Å². The van der Waals surface area contributed by atoms with Gasteiger partial charge in [-0.05, 0) is 19.1 Å². The molecule has 0 aromatic heterocycles. The molecular weight excluding hydrogens is 168 g/mol. The molecule has 0 bridgehead atoms. The van der Waals surface area contributed by atoms with Gasteiger partial charge in [-0.2, -0.15) is 0 Å². The molecule has 3 nitrogen and oxygen atoms in total. The van der Waals surface area contributed by atoms with Crippen LogP contribution < -0.4 is 4.74 Å². The Hall–Kier alpha value is -1.51. The molecule has 1 atom stereocenters. The molecular formula is C10H11O3. The molecule has 0 fully saturated rings. The summed E-state index contributed by atoms with van der Waals surface area (Å²) >= 11 is 0. The fourth-order valence-electron chi connectivity index (χ4n) is 0.917. The van der Waals surface area contributed by atoms with Crippen molar-refractivity contribution >= 4 is 6.47 Å². The normalized spacial score (nSPS) is 11.8. The maximum absolute atomic E-state index is 9.76. The van der Waals surface area contributed by atoms with E-state index in [4.69, 9.17) is 4.74 Å². The van der Waals surface area contributed by atoms with E-state index in [2.05, 4.69) is 4.74 Å². The number of ether oxygens (including phenoxy) is 2. The second kappa shape index (κ2) is 5.19. The average molecular weight is 179 g/mol. The van der Waals surface area contributed by atoms with Crippen molar-refractivity contribution < 1.29 is 14.3 Å². The van der Waals surface area contributed by atoms with Gasteiger partial charge in [0.25, 0.3) is 0 Å². The summed E-state index contributed by atoms with van der Waals surface area (Å²) < 4.78 is 9.85. The topological polar surface area (TPSA) is 35.5 Å². The lowest BCUT2D eigenvalue weighted by atomic mass is 10.3. The molecule has 1 rings (SSSR count). The zero-order valence-electron chi connectivity index (χ0n) is 7.40. The van der Waals surface area contributed by atoms with E-state index >= 15 is 0 Å². The summed E-state index contributed by atoms with van der Waals surface area (Å²) in [6, 6.07) is 9.37. The highest BCUT2D eigenvalue weighted by Gasteiger charge is 2.03. The van der Waals surface area contributed by atoms with Gasteiger partial charge in [0.2, 0.25) is 0 Å². The Labute approximate surface area is 77.3 Å². The van der Waals surface area contributed by atoms with Crippen LogP contribution in [0.15, 0.2) is 30.3 Å². The standard InChI is InChI=1S/C10H11O3/c1-9(7-12-8-11)13-10-5-3-2-4-6-10/h2-6,9H,7H2,1H3. The maximum Gasteiger partial charge on any atom is 0.417 e.